The molecule has 0 aliphatic carbocycles. The molecule has 0 saturated heterocycles. The zero-order valence-corrected chi connectivity index (χ0v) is 21.3. The van der Waals surface area contributed by atoms with Gasteiger partial charge in [0.25, 0.3) is 0 Å². The van der Waals surface area contributed by atoms with E-state index in [0.717, 1.165) is 23.8 Å². The lowest BCUT2D eigenvalue weighted by Crippen LogP contribution is -2.24. The summed E-state index contributed by atoms with van der Waals surface area (Å²) in [5, 5.41) is 7.05. The Morgan fingerprint density at radius 3 is 2.50 bits per heavy atom. The molecule has 0 unspecified atom stereocenters. The molecule has 0 radical (unpaired) electrons. The van der Waals surface area contributed by atoms with E-state index in [1.807, 2.05) is 0 Å². The van der Waals surface area contributed by atoms with Crippen molar-refractivity contribution in [2.45, 2.75) is 19.2 Å². The highest BCUT2D eigenvalue weighted by Gasteiger charge is 2.30. The predicted molar refractivity (Wildman–Crippen MR) is 135 cm³/mol. The lowest BCUT2D eigenvalue weighted by atomic mass is 10.2. The van der Waals surface area contributed by atoms with Crippen molar-refractivity contribution < 1.29 is 27.5 Å². The summed E-state index contributed by atoms with van der Waals surface area (Å²) in [5.41, 5.74) is 2.59. The molecule has 3 aromatic rings. The number of nitrogens with one attached hydrogen (secondary N) is 2. The number of alkyl halides is 3. The molecule has 0 spiro atoms. The lowest BCUT2D eigenvalue weighted by molar-refractivity contribution is -0.137. The Balaban J connectivity index is 1.49. The van der Waals surface area contributed by atoms with E-state index < -0.39 is 30.0 Å². The maximum Gasteiger partial charge on any atom is 0.416 e. The Morgan fingerprint density at radius 2 is 1.81 bits per heavy atom. The molecule has 0 saturated carbocycles. The summed E-state index contributed by atoms with van der Waals surface area (Å²) in [7, 11) is 0. The van der Waals surface area contributed by atoms with Gasteiger partial charge in [-0.25, -0.2) is 5.43 Å². The Morgan fingerprint density at radius 1 is 1.03 bits per heavy atom. The molecule has 0 fully saturated rings. The van der Waals surface area contributed by atoms with E-state index in [2.05, 4.69) is 31.8 Å². The number of hydrogen-bond donors (Lipinski definition) is 2. The second kappa shape index (κ2) is 12.2. The first kappa shape index (κ1) is 27.5. The van der Waals surface area contributed by atoms with Crippen molar-refractivity contribution in [1.82, 2.24) is 5.43 Å². The van der Waals surface area contributed by atoms with Crippen LogP contribution in [0.4, 0.5) is 18.9 Å². The lowest BCUT2D eigenvalue weighted by Gasteiger charge is -2.10. The van der Waals surface area contributed by atoms with Gasteiger partial charge < -0.3 is 10.1 Å². The molecule has 2 amide bonds. The maximum absolute atomic E-state index is 12.8. The van der Waals surface area contributed by atoms with Crippen molar-refractivity contribution in [3.8, 4) is 5.75 Å². The van der Waals surface area contributed by atoms with Crippen LogP contribution in [0.2, 0.25) is 10.0 Å². The zero-order chi connectivity index (χ0) is 26.3. The molecule has 3 rings (SSSR count). The summed E-state index contributed by atoms with van der Waals surface area (Å²) in [6.07, 6.45) is -3.82. The molecule has 0 bridgehead atoms. The predicted octanol–water partition coefficient (Wildman–Crippen LogP) is 6.83. The minimum Gasteiger partial charge on any atom is -0.488 e. The molecular weight excluding hydrogens is 586 g/mol. The number of ether oxygens (including phenoxy) is 1. The molecule has 0 atom stereocenters. The van der Waals surface area contributed by atoms with Gasteiger partial charge in [-0.3, -0.25) is 9.59 Å². The van der Waals surface area contributed by atoms with Crippen molar-refractivity contribution >= 4 is 62.8 Å². The van der Waals surface area contributed by atoms with Gasteiger partial charge in [0.2, 0.25) is 11.8 Å². The van der Waals surface area contributed by atoms with Gasteiger partial charge in [-0.2, -0.15) is 18.3 Å². The molecule has 12 heteroatoms. The van der Waals surface area contributed by atoms with Crippen LogP contribution in [0.25, 0.3) is 0 Å². The van der Waals surface area contributed by atoms with Crippen molar-refractivity contribution in [2.75, 3.05) is 5.32 Å². The van der Waals surface area contributed by atoms with Crippen LogP contribution in [0.3, 0.4) is 0 Å². The van der Waals surface area contributed by atoms with E-state index in [0.29, 0.717) is 25.8 Å². The van der Waals surface area contributed by atoms with Gasteiger partial charge in [-0.1, -0.05) is 35.3 Å². The number of amides is 2. The summed E-state index contributed by atoms with van der Waals surface area (Å²) >= 11 is 15.4. The van der Waals surface area contributed by atoms with Crippen LogP contribution in [0, 0.1) is 0 Å². The number of nitrogens with zero attached hydrogens (tertiary/aromatic N) is 1. The van der Waals surface area contributed by atoms with Gasteiger partial charge in [0.1, 0.15) is 18.8 Å². The first-order valence-corrected chi connectivity index (χ1v) is 11.7. The van der Waals surface area contributed by atoms with Gasteiger partial charge in [-0.15, -0.1) is 0 Å². The molecule has 0 aliphatic rings. The maximum atomic E-state index is 12.8. The highest BCUT2D eigenvalue weighted by atomic mass is 79.9. The Bertz CT molecular complexity index is 1300. The van der Waals surface area contributed by atoms with Crippen LogP contribution in [0.15, 0.2) is 70.2 Å². The van der Waals surface area contributed by atoms with Gasteiger partial charge in [-0.05, 0) is 70.0 Å². The smallest absolute Gasteiger partial charge is 0.416 e. The van der Waals surface area contributed by atoms with Crippen LogP contribution in [-0.2, 0) is 22.4 Å². The Kier molecular flexibility index (Phi) is 9.36. The van der Waals surface area contributed by atoms with Crippen LogP contribution < -0.4 is 15.5 Å². The number of carbonyl (C=O) groups excluding carboxylic acids is 2. The average molecular weight is 603 g/mol. The van der Waals surface area contributed by atoms with Gasteiger partial charge in [0, 0.05) is 21.3 Å². The summed E-state index contributed by atoms with van der Waals surface area (Å²) in [6.45, 7) is 0.223. The first-order chi connectivity index (χ1) is 17.0. The van der Waals surface area contributed by atoms with Crippen molar-refractivity contribution in [3.05, 3.63) is 91.9 Å². The van der Waals surface area contributed by atoms with Gasteiger partial charge >= 0.3 is 6.18 Å². The number of anilines is 1. The molecule has 2 N–H and O–H groups in total. The number of carbonyl (C=O) groups is 2. The van der Waals surface area contributed by atoms with Crippen LogP contribution in [0.1, 0.15) is 23.1 Å². The van der Waals surface area contributed by atoms with Crippen LogP contribution in [0.5, 0.6) is 5.75 Å². The van der Waals surface area contributed by atoms with Gasteiger partial charge in [0.15, 0.2) is 0 Å². The molecule has 6 nitrogen and oxygen atoms in total. The summed E-state index contributed by atoms with van der Waals surface area (Å²) in [4.78, 5) is 23.9. The standard InChI is InChI=1S/C24H17BrCl2F3N3O3/c25-19-8-14(4-7-21(19)36-13-15-5-6-17(26)10-20(15)27)12-31-33-23(35)11-22(34)32-18-3-1-2-16(9-18)24(28,29)30/h1-10,12H,11,13H2,(H,32,34)(H,33,35). The summed E-state index contributed by atoms with van der Waals surface area (Å²) in [6, 6.07) is 14.3. The third-order valence-corrected chi connectivity index (χ3v) is 5.76. The first-order valence-electron chi connectivity index (χ1n) is 10.2. The molecule has 188 valence electrons. The monoisotopic (exact) mass is 601 g/mol. The fraction of sp³-hybridized carbons (Fsp3) is 0.125. The molecule has 0 aliphatic heterocycles. The van der Waals surface area contributed by atoms with E-state index in [-0.39, 0.29) is 12.3 Å². The molecular formula is C24H17BrCl2F3N3O3. The van der Waals surface area contributed by atoms with Gasteiger partial charge in [0.05, 0.1) is 16.3 Å². The average Bonchev–Trinajstić information content (AvgIpc) is 2.79. The molecule has 0 aromatic heterocycles. The van der Waals surface area contributed by atoms with Crippen LogP contribution in [-0.4, -0.2) is 18.0 Å². The third kappa shape index (κ3) is 8.25. The Hall–Kier alpha value is -3.08. The molecule has 3 aromatic carbocycles. The topological polar surface area (TPSA) is 79.8 Å². The van der Waals surface area contributed by atoms with Crippen LogP contribution >= 0.6 is 39.1 Å². The van der Waals surface area contributed by atoms with E-state index in [1.54, 1.807) is 36.4 Å². The largest absolute Gasteiger partial charge is 0.488 e. The van der Waals surface area contributed by atoms with Crippen molar-refractivity contribution in [3.63, 3.8) is 0 Å². The number of benzene rings is 3. The normalized spacial score (nSPS) is 11.4. The minimum absolute atomic E-state index is 0.0726. The minimum atomic E-state index is -4.55. The fourth-order valence-corrected chi connectivity index (χ4v) is 3.83. The third-order valence-electron chi connectivity index (χ3n) is 4.55. The second-order valence-electron chi connectivity index (χ2n) is 7.31. The number of hydrazone groups is 1. The van der Waals surface area contributed by atoms with E-state index >= 15 is 0 Å². The summed E-state index contributed by atoms with van der Waals surface area (Å²) in [5.74, 6) is -0.977. The number of hydrogen-bond acceptors (Lipinski definition) is 4. The highest BCUT2D eigenvalue weighted by molar-refractivity contribution is 9.10. The fourth-order valence-electron chi connectivity index (χ4n) is 2.85. The number of halogens is 6. The quantitative estimate of drug-likeness (QED) is 0.168. The molecule has 0 heterocycles. The summed E-state index contributed by atoms with van der Waals surface area (Å²) < 4.78 is 44.7. The van der Waals surface area contributed by atoms with Crippen molar-refractivity contribution in [1.29, 1.82) is 0 Å². The van der Waals surface area contributed by atoms with E-state index in [9.17, 15) is 22.8 Å². The van der Waals surface area contributed by atoms with E-state index in [4.69, 9.17) is 27.9 Å². The number of rotatable bonds is 8. The zero-order valence-electron chi connectivity index (χ0n) is 18.2. The van der Waals surface area contributed by atoms with E-state index in [1.165, 1.54) is 12.3 Å². The SMILES string of the molecule is O=C(CC(=O)Nc1cccc(C(F)(F)F)c1)NN=Cc1ccc(OCc2ccc(Cl)cc2Cl)c(Br)c1. The Labute approximate surface area is 222 Å². The highest BCUT2D eigenvalue weighted by Crippen LogP contribution is 2.31. The second-order valence-corrected chi connectivity index (χ2v) is 9.01. The molecule has 36 heavy (non-hydrogen) atoms. The van der Waals surface area contributed by atoms with Crippen molar-refractivity contribution in [2.24, 2.45) is 5.10 Å².